The maximum atomic E-state index is 13.1. The van der Waals surface area contributed by atoms with Gasteiger partial charge in [0, 0.05) is 5.56 Å². The van der Waals surface area contributed by atoms with E-state index >= 15 is 0 Å². The predicted molar refractivity (Wildman–Crippen MR) is 116 cm³/mol. The molecule has 2 aliphatic carbocycles. The highest BCUT2D eigenvalue weighted by Gasteiger charge is 2.50. The Balaban J connectivity index is 1.32. The maximum absolute atomic E-state index is 13.1. The van der Waals surface area contributed by atoms with Gasteiger partial charge < -0.3 is 9.73 Å². The molecule has 2 N–H and O–H groups in total. The number of nitrogens with zero attached hydrogens (tertiary/aromatic N) is 2. The summed E-state index contributed by atoms with van der Waals surface area (Å²) in [5, 5.41) is 13.5. The number of carbonyl (C=O) groups is 2. The van der Waals surface area contributed by atoms with E-state index in [-0.39, 0.29) is 17.8 Å². The molecule has 0 saturated heterocycles. The van der Waals surface area contributed by atoms with Gasteiger partial charge in [-0.05, 0) is 48.9 Å². The van der Waals surface area contributed by atoms with E-state index in [9.17, 15) is 9.59 Å². The van der Waals surface area contributed by atoms with Crippen LogP contribution >= 0.6 is 0 Å². The minimum Gasteiger partial charge on any atom is -0.403 e. The molecule has 0 aliphatic heterocycles. The van der Waals surface area contributed by atoms with Crippen molar-refractivity contribution in [2.45, 2.75) is 19.8 Å². The van der Waals surface area contributed by atoms with Crippen molar-refractivity contribution in [3.63, 3.8) is 0 Å². The van der Waals surface area contributed by atoms with E-state index in [2.05, 4.69) is 33.0 Å². The monoisotopic (exact) mass is 414 g/mol. The predicted octanol–water partition coefficient (Wildman–Crippen LogP) is 4.53. The first-order valence-corrected chi connectivity index (χ1v) is 10.3. The molecular formula is C24H22N4O3. The van der Waals surface area contributed by atoms with Gasteiger partial charge >= 0.3 is 6.01 Å². The molecule has 2 amide bonds. The minimum atomic E-state index is -0.458. The number of carbonyl (C=O) groups excluding carboxylic acids is 2. The molecule has 1 saturated carbocycles. The average Bonchev–Trinajstić information content (AvgIpc) is 3.51. The zero-order chi connectivity index (χ0) is 21.4. The van der Waals surface area contributed by atoms with Crippen LogP contribution in [0.5, 0.6) is 0 Å². The zero-order valence-electron chi connectivity index (χ0n) is 17.0. The van der Waals surface area contributed by atoms with E-state index in [0.29, 0.717) is 23.1 Å². The number of fused-ring (bicyclic) bond motifs is 2. The second-order valence-corrected chi connectivity index (χ2v) is 8.34. The van der Waals surface area contributed by atoms with E-state index in [1.54, 1.807) is 24.3 Å². The third kappa shape index (κ3) is 3.52. The van der Waals surface area contributed by atoms with Crippen LogP contribution in [0.25, 0.3) is 11.5 Å². The fraction of sp³-hybridized carbons (Fsp3) is 0.250. The van der Waals surface area contributed by atoms with Gasteiger partial charge in [0.05, 0.1) is 16.7 Å². The Morgan fingerprint density at radius 2 is 1.77 bits per heavy atom. The van der Waals surface area contributed by atoms with E-state index in [1.807, 2.05) is 37.3 Å². The van der Waals surface area contributed by atoms with Gasteiger partial charge in [-0.25, -0.2) is 0 Å². The number of nitrogens with one attached hydrogen (secondary N) is 2. The van der Waals surface area contributed by atoms with E-state index in [0.717, 1.165) is 18.4 Å². The van der Waals surface area contributed by atoms with Crippen molar-refractivity contribution in [2.24, 2.45) is 17.3 Å². The lowest BCUT2D eigenvalue weighted by atomic mass is 9.76. The van der Waals surface area contributed by atoms with Crippen molar-refractivity contribution in [1.29, 1.82) is 0 Å². The molecule has 1 fully saturated rings. The number of rotatable bonds is 5. The van der Waals surface area contributed by atoms with Gasteiger partial charge in [0.1, 0.15) is 0 Å². The van der Waals surface area contributed by atoms with Gasteiger partial charge in [-0.3, -0.25) is 14.9 Å². The second-order valence-electron chi connectivity index (χ2n) is 8.34. The Kier molecular flexibility index (Phi) is 4.66. The lowest BCUT2D eigenvalue weighted by Crippen LogP contribution is -2.37. The van der Waals surface area contributed by atoms with Crippen LogP contribution in [0.3, 0.4) is 0 Å². The van der Waals surface area contributed by atoms with Crippen LogP contribution in [0.2, 0.25) is 0 Å². The molecule has 156 valence electrons. The molecule has 0 radical (unpaired) electrons. The molecule has 1 aromatic heterocycles. The van der Waals surface area contributed by atoms with Crippen LogP contribution in [0.15, 0.2) is 71.2 Å². The number of para-hydroxylation sites is 1. The van der Waals surface area contributed by atoms with E-state index in [4.69, 9.17) is 4.42 Å². The van der Waals surface area contributed by atoms with Crippen molar-refractivity contribution in [2.75, 3.05) is 10.6 Å². The largest absolute Gasteiger partial charge is 0.403 e. The summed E-state index contributed by atoms with van der Waals surface area (Å²) in [4.78, 5) is 26.0. The number of benzene rings is 2. The first-order chi connectivity index (χ1) is 15.0. The molecule has 0 unspecified atom stereocenters. The molecule has 2 aromatic carbocycles. The van der Waals surface area contributed by atoms with Crippen LogP contribution < -0.4 is 10.6 Å². The Bertz CT molecular complexity index is 1170. The van der Waals surface area contributed by atoms with E-state index in [1.165, 1.54) is 0 Å². The summed E-state index contributed by atoms with van der Waals surface area (Å²) in [7, 11) is 0. The minimum absolute atomic E-state index is 0.00446. The molecule has 7 heteroatoms. The van der Waals surface area contributed by atoms with Crippen molar-refractivity contribution >= 4 is 23.5 Å². The highest BCUT2D eigenvalue weighted by Crippen LogP contribution is 2.52. The van der Waals surface area contributed by atoms with Gasteiger partial charge in [0.25, 0.3) is 5.91 Å². The van der Waals surface area contributed by atoms with Crippen molar-refractivity contribution in [3.05, 3.63) is 72.3 Å². The second kappa shape index (κ2) is 7.50. The highest BCUT2D eigenvalue weighted by atomic mass is 16.4. The molecule has 0 spiro atoms. The Hall–Kier alpha value is -3.74. The Morgan fingerprint density at radius 3 is 2.52 bits per heavy atom. The number of aromatic nitrogens is 2. The number of hydrogen-bond acceptors (Lipinski definition) is 5. The summed E-state index contributed by atoms with van der Waals surface area (Å²) >= 11 is 0. The van der Waals surface area contributed by atoms with E-state index < -0.39 is 11.3 Å². The molecule has 7 nitrogen and oxygen atoms in total. The molecule has 5 rings (SSSR count). The van der Waals surface area contributed by atoms with Crippen LogP contribution in [0.1, 0.15) is 30.1 Å². The molecule has 2 aliphatic rings. The lowest BCUT2D eigenvalue weighted by Gasteiger charge is -2.30. The van der Waals surface area contributed by atoms with Gasteiger partial charge in [-0.15, -0.1) is 5.10 Å². The average molecular weight is 414 g/mol. The third-order valence-electron chi connectivity index (χ3n) is 6.28. The summed E-state index contributed by atoms with van der Waals surface area (Å²) in [6.07, 6.45) is 6.20. The lowest BCUT2D eigenvalue weighted by molar-refractivity contribution is -0.126. The summed E-state index contributed by atoms with van der Waals surface area (Å²) < 4.78 is 5.56. The molecular weight excluding hydrogens is 392 g/mol. The first-order valence-electron chi connectivity index (χ1n) is 10.3. The molecule has 3 aromatic rings. The standard InChI is InChI=1S/C24H22N4O3/c1-24(14-15-11-12-17(24)13-15)22(30)25-19-10-6-5-9-18(19)20(29)26-23-28-27-21(31-23)16-7-3-2-4-8-16/h2-12,15,17H,13-14H2,1H3,(H,25,30)(H,26,28,29)/t15-,17-,24-/m0/s1. The van der Waals surface area contributed by atoms with Gasteiger partial charge in [-0.1, -0.05) is 54.5 Å². The highest BCUT2D eigenvalue weighted by molar-refractivity contribution is 6.10. The maximum Gasteiger partial charge on any atom is 0.322 e. The number of hydrogen-bond donors (Lipinski definition) is 2. The van der Waals surface area contributed by atoms with Crippen molar-refractivity contribution in [1.82, 2.24) is 10.2 Å². The normalized spacial score (nSPS) is 23.6. The summed E-state index contributed by atoms with van der Waals surface area (Å²) in [5.41, 5.74) is 1.09. The smallest absolute Gasteiger partial charge is 0.322 e. The summed E-state index contributed by atoms with van der Waals surface area (Å²) in [6.45, 7) is 2.00. The first kappa shape index (κ1) is 19.2. The molecule has 31 heavy (non-hydrogen) atoms. The Morgan fingerprint density at radius 1 is 1.00 bits per heavy atom. The van der Waals surface area contributed by atoms with Crippen molar-refractivity contribution in [3.8, 4) is 11.5 Å². The molecule has 2 bridgehead atoms. The Labute approximate surface area is 179 Å². The zero-order valence-corrected chi connectivity index (χ0v) is 17.0. The topological polar surface area (TPSA) is 97.1 Å². The fourth-order valence-corrected chi connectivity index (χ4v) is 4.55. The summed E-state index contributed by atoms with van der Waals surface area (Å²) in [5.74, 6) is 0.532. The number of anilines is 2. The van der Waals surface area contributed by atoms with Gasteiger partial charge in [0.2, 0.25) is 11.8 Å². The van der Waals surface area contributed by atoms with Crippen LogP contribution in [-0.4, -0.2) is 22.0 Å². The quantitative estimate of drug-likeness (QED) is 0.598. The number of allylic oxidation sites excluding steroid dienone is 2. The SMILES string of the molecule is C[C@]1(C(=O)Nc2ccccc2C(=O)Nc2nnc(-c3ccccc3)o2)C[C@H]2C=C[C@H]1C2. The summed E-state index contributed by atoms with van der Waals surface area (Å²) in [6, 6.07) is 16.2. The van der Waals surface area contributed by atoms with Crippen LogP contribution in [0, 0.1) is 17.3 Å². The number of amides is 2. The fourth-order valence-electron chi connectivity index (χ4n) is 4.55. The van der Waals surface area contributed by atoms with Crippen LogP contribution in [0.4, 0.5) is 11.7 Å². The molecule has 1 heterocycles. The third-order valence-corrected chi connectivity index (χ3v) is 6.28. The van der Waals surface area contributed by atoms with Gasteiger partial charge in [0.15, 0.2) is 0 Å². The van der Waals surface area contributed by atoms with Crippen LogP contribution in [-0.2, 0) is 4.79 Å². The molecule has 3 atom stereocenters. The van der Waals surface area contributed by atoms with Crippen molar-refractivity contribution < 1.29 is 14.0 Å². The van der Waals surface area contributed by atoms with Gasteiger partial charge in [-0.2, -0.15) is 0 Å².